The molecule has 1 aromatic heterocycles. The minimum absolute atomic E-state index is 0.245. The molecule has 0 bridgehead atoms. The second-order valence-electron chi connectivity index (χ2n) is 3.01. The minimum Gasteiger partial charge on any atom is -0.340 e. The second kappa shape index (κ2) is 4.40. The van der Waals surface area contributed by atoms with Crippen LogP contribution in [0.3, 0.4) is 0 Å². The number of halogens is 3. The number of rotatable bonds is 2. The number of nitrogens with one attached hydrogen (secondary N) is 1. The maximum absolute atomic E-state index is 12.9. The van der Waals surface area contributed by atoms with Crippen LogP contribution in [0.4, 0.5) is 20.3 Å². The first-order chi connectivity index (χ1) is 7.63. The molecule has 82 valence electrons. The van der Waals surface area contributed by atoms with Crippen LogP contribution in [0, 0.1) is 11.6 Å². The van der Waals surface area contributed by atoms with Gasteiger partial charge in [-0.25, -0.2) is 18.7 Å². The summed E-state index contributed by atoms with van der Waals surface area (Å²) in [5, 5.41) is 2.96. The summed E-state index contributed by atoms with van der Waals surface area (Å²) in [6.45, 7) is 0. The Morgan fingerprint density at radius 2 is 1.69 bits per heavy atom. The maximum Gasteiger partial charge on any atom is 0.135 e. The fourth-order valence-electron chi connectivity index (χ4n) is 1.18. The van der Waals surface area contributed by atoms with E-state index in [1.807, 2.05) is 0 Å². The van der Waals surface area contributed by atoms with Crippen molar-refractivity contribution in [2.45, 2.75) is 0 Å². The van der Waals surface area contributed by atoms with Crippen molar-refractivity contribution in [1.82, 2.24) is 9.97 Å². The molecule has 6 heteroatoms. The molecular formula is C10H6ClF2N3. The predicted molar refractivity (Wildman–Crippen MR) is 56.7 cm³/mol. The van der Waals surface area contributed by atoms with Crippen LogP contribution in [0.15, 0.2) is 30.6 Å². The van der Waals surface area contributed by atoms with Crippen molar-refractivity contribution in [3.63, 3.8) is 0 Å². The van der Waals surface area contributed by atoms with Crippen LogP contribution in [-0.4, -0.2) is 9.97 Å². The first-order valence-electron chi connectivity index (χ1n) is 4.34. The highest BCUT2D eigenvalue weighted by atomic mass is 35.5. The van der Waals surface area contributed by atoms with Crippen LogP contribution in [0.5, 0.6) is 0 Å². The van der Waals surface area contributed by atoms with Crippen LogP contribution < -0.4 is 5.32 Å². The molecule has 0 amide bonds. The molecule has 0 unspecified atom stereocenters. The smallest absolute Gasteiger partial charge is 0.135 e. The van der Waals surface area contributed by atoms with Gasteiger partial charge in [0.25, 0.3) is 0 Å². The third kappa shape index (κ3) is 2.64. The molecule has 1 N–H and O–H groups in total. The van der Waals surface area contributed by atoms with Crippen molar-refractivity contribution in [3.05, 3.63) is 47.4 Å². The lowest BCUT2D eigenvalue weighted by molar-refractivity contribution is 0.584. The summed E-state index contributed by atoms with van der Waals surface area (Å²) in [4.78, 5) is 7.53. The number of hydrogen-bond acceptors (Lipinski definition) is 3. The average Bonchev–Trinajstić information content (AvgIpc) is 2.15. The molecule has 0 aliphatic carbocycles. The molecule has 1 heterocycles. The van der Waals surface area contributed by atoms with Crippen molar-refractivity contribution in [1.29, 1.82) is 0 Å². The lowest BCUT2D eigenvalue weighted by atomic mass is 10.3. The predicted octanol–water partition coefficient (Wildman–Crippen LogP) is 3.15. The number of anilines is 2. The zero-order chi connectivity index (χ0) is 11.5. The fraction of sp³-hybridized carbons (Fsp3) is 0. The Labute approximate surface area is 95.1 Å². The lowest BCUT2D eigenvalue weighted by Crippen LogP contribution is -1.95. The van der Waals surface area contributed by atoms with E-state index in [1.165, 1.54) is 12.4 Å². The summed E-state index contributed by atoms with van der Waals surface area (Å²) < 4.78 is 25.7. The Morgan fingerprint density at radius 3 is 2.31 bits per heavy atom. The molecule has 1 aromatic carbocycles. The van der Waals surface area contributed by atoms with E-state index in [2.05, 4.69) is 15.3 Å². The van der Waals surface area contributed by atoms with Crippen molar-refractivity contribution >= 4 is 23.1 Å². The molecule has 3 nitrogen and oxygen atoms in total. The van der Waals surface area contributed by atoms with Gasteiger partial charge in [-0.3, -0.25) is 0 Å². The van der Waals surface area contributed by atoms with E-state index in [0.29, 0.717) is 5.82 Å². The zero-order valence-corrected chi connectivity index (χ0v) is 8.67. The molecule has 2 rings (SSSR count). The SMILES string of the molecule is Fc1cc(F)cc(Nc2cc(Cl)ncn2)c1. The van der Waals surface area contributed by atoms with Crippen molar-refractivity contribution < 1.29 is 8.78 Å². The molecule has 0 spiro atoms. The third-order valence-electron chi connectivity index (χ3n) is 1.77. The topological polar surface area (TPSA) is 37.8 Å². The molecule has 0 fully saturated rings. The van der Waals surface area contributed by atoms with Gasteiger partial charge in [-0.15, -0.1) is 0 Å². The largest absolute Gasteiger partial charge is 0.340 e. The summed E-state index contributed by atoms with van der Waals surface area (Å²) in [5.74, 6) is -0.963. The molecule has 0 saturated heterocycles. The van der Waals surface area contributed by atoms with Crippen LogP contribution in [0.25, 0.3) is 0 Å². The molecule has 16 heavy (non-hydrogen) atoms. The highest BCUT2D eigenvalue weighted by molar-refractivity contribution is 6.29. The maximum atomic E-state index is 12.9. The van der Waals surface area contributed by atoms with Gasteiger partial charge >= 0.3 is 0 Å². The van der Waals surface area contributed by atoms with Gasteiger partial charge in [0.15, 0.2) is 0 Å². The first-order valence-corrected chi connectivity index (χ1v) is 4.72. The number of hydrogen-bond donors (Lipinski definition) is 1. The van der Waals surface area contributed by atoms with E-state index in [-0.39, 0.29) is 10.8 Å². The van der Waals surface area contributed by atoms with Gasteiger partial charge in [-0.05, 0) is 12.1 Å². The summed E-state index contributed by atoms with van der Waals surface area (Å²) in [7, 11) is 0. The van der Waals surface area contributed by atoms with Gasteiger partial charge in [-0.2, -0.15) is 0 Å². The second-order valence-corrected chi connectivity index (χ2v) is 3.40. The first kappa shape index (κ1) is 10.8. The molecule has 0 atom stereocenters. The average molecular weight is 242 g/mol. The molecule has 0 aliphatic rings. The van der Waals surface area contributed by atoms with Crippen LogP contribution in [0.1, 0.15) is 0 Å². The quantitative estimate of drug-likeness (QED) is 0.821. The van der Waals surface area contributed by atoms with Crippen LogP contribution >= 0.6 is 11.6 Å². The fourth-order valence-corrected chi connectivity index (χ4v) is 1.32. The van der Waals surface area contributed by atoms with E-state index >= 15 is 0 Å². The lowest BCUT2D eigenvalue weighted by Gasteiger charge is -2.05. The molecular weight excluding hydrogens is 236 g/mol. The Bertz CT molecular complexity index is 499. The normalized spacial score (nSPS) is 10.2. The summed E-state index contributed by atoms with van der Waals surface area (Å²) in [6, 6.07) is 4.54. The van der Waals surface area contributed by atoms with E-state index < -0.39 is 11.6 Å². The third-order valence-corrected chi connectivity index (χ3v) is 1.98. The Hall–Kier alpha value is -1.75. The van der Waals surface area contributed by atoms with Gasteiger partial charge in [-0.1, -0.05) is 11.6 Å². The van der Waals surface area contributed by atoms with E-state index in [1.54, 1.807) is 0 Å². The van der Waals surface area contributed by atoms with Crippen molar-refractivity contribution in [2.75, 3.05) is 5.32 Å². The van der Waals surface area contributed by atoms with Gasteiger partial charge < -0.3 is 5.32 Å². The molecule has 0 aliphatic heterocycles. The van der Waals surface area contributed by atoms with E-state index in [4.69, 9.17) is 11.6 Å². The number of benzene rings is 1. The Morgan fingerprint density at radius 1 is 1.00 bits per heavy atom. The van der Waals surface area contributed by atoms with Gasteiger partial charge in [0.05, 0.1) is 0 Å². The van der Waals surface area contributed by atoms with Gasteiger partial charge in [0, 0.05) is 17.8 Å². The Balaban J connectivity index is 2.27. The van der Waals surface area contributed by atoms with E-state index in [0.717, 1.165) is 18.2 Å². The molecule has 2 aromatic rings. The zero-order valence-electron chi connectivity index (χ0n) is 7.92. The molecule has 0 radical (unpaired) electrons. The van der Waals surface area contributed by atoms with E-state index in [9.17, 15) is 8.78 Å². The highest BCUT2D eigenvalue weighted by Crippen LogP contribution is 2.18. The standard InChI is InChI=1S/C10H6ClF2N3/c11-9-4-10(15-5-14-9)16-8-2-6(12)1-7(13)3-8/h1-5H,(H,14,15,16). The van der Waals surface area contributed by atoms with Gasteiger partial charge in [0.2, 0.25) is 0 Å². The highest BCUT2D eigenvalue weighted by Gasteiger charge is 2.02. The Kier molecular flexibility index (Phi) is 2.96. The van der Waals surface area contributed by atoms with Crippen LogP contribution in [0.2, 0.25) is 5.15 Å². The van der Waals surface area contributed by atoms with Crippen molar-refractivity contribution in [3.8, 4) is 0 Å². The van der Waals surface area contributed by atoms with Crippen LogP contribution in [-0.2, 0) is 0 Å². The number of nitrogens with zero attached hydrogens (tertiary/aromatic N) is 2. The summed E-state index contributed by atoms with van der Waals surface area (Å²) >= 11 is 5.63. The summed E-state index contributed by atoms with van der Waals surface area (Å²) in [5.41, 5.74) is 0.257. The summed E-state index contributed by atoms with van der Waals surface area (Å²) in [6.07, 6.45) is 1.25. The van der Waals surface area contributed by atoms with Crippen molar-refractivity contribution in [2.24, 2.45) is 0 Å². The monoisotopic (exact) mass is 241 g/mol. The van der Waals surface area contributed by atoms with Gasteiger partial charge in [0.1, 0.15) is 28.9 Å². The number of aromatic nitrogens is 2. The molecule has 0 saturated carbocycles. The minimum atomic E-state index is -0.664.